The number of benzene rings is 1. The van der Waals surface area contributed by atoms with Crippen LogP contribution < -0.4 is 5.30 Å². The molecule has 0 amide bonds. The summed E-state index contributed by atoms with van der Waals surface area (Å²) in [7, 11) is -5.10. The van der Waals surface area contributed by atoms with Crippen molar-refractivity contribution in [2.75, 3.05) is 0 Å². The molecule has 0 radical (unpaired) electrons. The Labute approximate surface area is 109 Å². The van der Waals surface area contributed by atoms with E-state index in [9.17, 15) is 30.9 Å². The summed E-state index contributed by atoms with van der Waals surface area (Å²) in [5.74, 6) is 0. The van der Waals surface area contributed by atoms with Crippen LogP contribution in [-0.2, 0) is 17.4 Å². The maximum Gasteiger partial charge on any atom is 0.393 e. The lowest BCUT2D eigenvalue weighted by Gasteiger charge is -2.18. The first kappa shape index (κ1) is 17.0. The summed E-state index contributed by atoms with van der Waals surface area (Å²) in [4.78, 5) is 17.9. The predicted octanol–water partition coefficient (Wildman–Crippen LogP) is 2.70. The molecular formula is C10H9F6O3P. The molecule has 1 aromatic rings. The fourth-order valence-electron chi connectivity index (χ4n) is 1.68. The van der Waals surface area contributed by atoms with Crippen LogP contribution in [0.15, 0.2) is 18.2 Å². The number of hydrogen-bond acceptors (Lipinski definition) is 1. The third kappa shape index (κ3) is 5.15. The van der Waals surface area contributed by atoms with Crippen molar-refractivity contribution in [1.82, 2.24) is 0 Å². The standard InChI is InChI=1S/C10H9F6O3P/c11-9(12,13)4-6-2-1-3-8(20(17,18)19)7(6)5-10(14,15)16/h1-3H,4-5H2,(H2,17,18,19). The molecule has 0 aliphatic rings. The van der Waals surface area contributed by atoms with Gasteiger partial charge in [-0.25, -0.2) is 0 Å². The maximum absolute atomic E-state index is 12.4. The first-order valence-corrected chi connectivity index (χ1v) is 6.71. The highest BCUT2D eigenvalue weighted by molar-refractivity contribution is 7.60. The molecule has 0 fully saturated rings. The second-order valence-electron chi connectivity index (χ2n) is 4.04. The van der Waals surface area contributed by atoms with E-state index in [1.54, 1.807) is 0 Å². The summed E-state index contributed by atoms with van der Waals surface area (Å²) < 4.78 is 85.2. The zero-order valence-corrected chi connectivity index (χ0v) is 10.6. The van der Waals surface area contributed by atoms with Gasteiger partial charge in [0.05, 0.1) is 18.1 Å². The smallest absolute Gasteiger partial charge is 0.321 e. The van der Waals surface area contributed by atoms with Crippen LogP contribution in [0.1, 0.15) is 11.1 Å². The molecule has 10 heteroatoms. The second kappa shape index (κ2) is 5.38. The van der Waals surface area contributed by atoms with Crippen molar-refractivity contribution in [3.8, 4) is 0 Å². The molecule has 0 heterocycles. The van der Waals surface area contributed by atoms with Crippen molar-refractivity contribution in [3.63, 3.8) is 0 Å². The minimum Gasteiger partial charge on any atom is -0.321 e. The van der Waals surface area contributed by atoms with E-state index in [1.165, 1.54) is 0 Å². The van der Waals surface area contributed by atoms with Crippen molar-refractivity contribution < 1.29 is 40.7 Å². The summed E-state index contributed by atoms with van der Waals surface area (Å²) in [6.07, 6.45) is -13.2. The Bertz CT molecular complexity index is 531. The largest absolute Gasteiger partial charge is 0.393 e. The highest BCUT2D eigenvalue weighted by Crippen LogP contribution is 2.38. The Balaban J connectivity index is 3.41. The molecule has 114 valence electrons. The normalized spacial score (nSPS) is 13.6. The van der Waals surface area contributed by atoms with E-state index in [0.717, 1.165) is 12.1 Å². The summed E-state index contributed by atoms with van der Waals surface area (Å²) >= 11 is 0. The van der Waals surface area contributed by atoms with Gasteiger partial charge in [0, 0.05) is 0 Å². The first-order valence-electron chi connectivity index (χ1n) is 5.10. The summed E-state index contributed by atoms with van der Waals surface area (Å²) in [6, 6.07) is 2.35. The van der Waals surface area contributed by atoms with Crippen LogP contribution in [0.25, 0.3) is 0 Å². The summed E-state index contributed by atoms with van der Waals surface area (Å²) in [5, 5.41) is -1.03. The van der Waals surface area contributed by atoms with Crippen LogP contribution in [-0.4, -0.2) is 22.1 Å². The van der Waals surface area contributed by atoms with E-state index >= 15 is 0 Å². The fourth-order valence-corrected chi connectivity index (χ4v) is 2.53. The van der Waals surface area contributed by atoms with E-state index in [4.69, 9.17) is 9.79 Å². The van der Waals surface area contributed by atoms with E-state index in [0.29, 0.717) is 6.07 Å². The van der Waals surface area contributed by atoms with Gasteiger partial charge in [-0.3, -0.25) is 4.57 Å². The van der Waals surface area contributed by atoms with Gasteiger partial charge in [-0.15, -0.1) is 0 Å². The van der Waals surface area contributed by atoms with Crippen molar-refractivity contribution in [1.29, 1.82) is 0 Å². The zero-order chi connectivity index (χ0) is 15.8. The summed E-state index contributed by atoms with van der Waals surface area (Å²) in [6.45, 7) is 0. The molecule has 0 spiro atoms. The van der Waals surface area contributed by atoms with Crippen LogP contribution in [0.5, 0.6) is 0 Å². The molecule has 0 bridgehead atoms. The van der Waals surface area contributed by atoms with Crippen molar-refractivity contribution >= 4 is 12.9 Å². The van der Waals surface area contributed by atoms with Crippen LogP contribution in [0.3, 0.4) is 0 Å². The van der Waals surface area contributed by atoms with Gasteiger partial charge in [-0.1, -0.05) is 12.1 Å². The molecule has 0 aliphatic heterocycles. The molecule has 3 nitrogen and oxygen atoms in total. The SMILES string of the molecule is O=P(O)(O)c1cccc(CC(F)(F)F)c1CC(F)(F)F. The Morgan fingerprint density at radius 2 is 1.45 bits per heavy atom. The highest BCUT2D eigenvalue weighted by atomic mass is 31.2. The third-order valence-corrected chi connectivity index (χ3v) is 3.38. The first-order chi connectivity index (χ1) is 8.80. The summed E-state index contributed by atoms with van der Waals surface area (Å²) in [5.41, 5.74) is -1.82. The van der Waals surface area contributed by atoms with Gasteiger partial charge in [0.25, 0.3) is 0 Å². The van der Waals surface area contributed by atoms with Gasteiger partial charge in [0.2, 0.25) is 0 Å². The minimum atomic E-state index is -5.10. The number of halogens is 6. The Kier molecular flexibility index (Phi) is 4.58. The predicted molar refractivity (Wildman–Crippen MR) is 57.6 cm³/mol. The molecule has 0 atom stereocenters. The van der Waals surface area contributed by atoms with Gasteiger partial charge < -0.3 is 9.79 Å². The Hall–Kier alpha value is -1.05. The van der Waals surface area contributed by atoms with Gasteiger partial charge in [-0.05, 0) is 17.2 Å². The number of hydrogen-bond donors (Lipinski definition) is 2. The molecule has 0 aliphatic carbocycles. The topological polar surface area (TPSA) is 57.5 Å². The van der Waals surface area contributed by atoms with Crippen molar-refractivity contribution in [2.45, 2.75) is 25.2 Å². The molecule has 0 unspecified atom stereocenters. The van der Waals surface area contributed by atoms with Crippen molar-refractivity contribution in [3.05, 3.63) is 29.3 Å². The zero-order valence-electron chi connectivity index (χ0n) is 9.66. The molecule has 1 aromatic carbocycles. The van der Waals surface area contributed by atoms with E-state index < -0.39 is 49.2 Å². The second-order valence-corrected chi connectivity index (χ2v) is 5.61. The number of rotatable bonds is 3. The quantitative estimate of drug-likeness (QED) is 0.664. The molecule has 0 saturated heterocycles. The monoisotopic (exact) mass is 322 g/mol. The van der Waals surface area contributed by atoms with Crippen LogP contribution in [0, 0.1) is 0 Å². The lowest BCUT2D eigenvalue weighted by Crippen LogP contribution is -2.24. The Morgan fingerprint density at radius 1 is 0.950 bits per heavy atom. The van der Waals surface area contributed by atoms with Gasteiger partial charge in [-0.2, -0.15) is 26.3 Å². The molecule has 2 N–H and O–H groups in total. The van der Waals surface area contributed by atoms with Crippen LogP contribution in [0.4, 0.5) is 26.3 Å². The van der Waals surface area contributed by atoms with Gasteiger partial charge in [0.15, 0.2) is 0 Å². The highest BCUT2D eigenvalue weighted by Gasteiger charge is 2.36. The molecule has 1 rings (SSSR count). The van der Waals surface area contributed by atoms with Gasteiger partial charge in [0.1, 0.15) is 0 Å². The minimum absolute atomic E-state index is 0.696. The molecule has 0 saturated carbocycles. The maximum atomic E-state index is 12.4. The fraction of sp³-hybridized carbons (Fsp3) is 0.400. The Morgan fingerprint density at radius 3 is 1.85 bits per heavy atom. The van der Waals surface area contributed by atoms with Crippen LogP contribution >= 0.6 is 7.60 Å². The average molecular weight is 322 g/mol. The average Bonchev–Trinajstić information content (AvgIpc) is 2.14. The number of alkyl halides is 6. The van der Waals surface area contributed by atoms with Gasteiger partial charge >= 0.3 is 19.9 Å². The van der Waals surface area contributed by atoms with E-state index in [1.807, 2.05) is 0 Å². The molecule has 20 heavy (non-hydrogen) atoms. The molecule has 0 aromatic heterocycles. The lowest BCUT2D eigenvalue weighted by atomic mass is 10.0. The van der Waals surface area contributed by atoms with Crippen molar-refractivity contribution in [2.24, 2.45) is 0 Å². The van der Waals surface area contributed by atoms with E-state index in [-0.39, 0.29) is 0 Å². The third-order valence-electron chi connectivity index (χ3n) is 2.33. The van der Waals surface area contributed by atoms with E-state index in [2.05, 4.69) is 0 Å². The van der Waals surface area contributed by atoms with Crippen LogP contribution in [0.2, 0.25) is 0 Å². The molecular weight excluding hydrogens is 313 g/mol. The lowest BCUT2D eigenvalue weighted by molar-refractivity contribution is -0.132.